The van der Waals surface area contributed by atoms with Crippen LogP contribution >= 0.6 is 0 Å². The maximum Gasteiger partial charge on any atom is 0.270 e. The highest BCUT2D eigenvalue weighted by Gasteiger charge is 2.27. The lowest BCUT2D eigenvalue weighted by atomic mass is 10.2. The molecule has 0 spiro atoms. The van der Waals surface area contributed by atoms with Crippen molar-refractivity contribution in [3.63, 3.8) is 0 Å². The fraction of sp³-hybridized carbons (Fsp3) is 0.438. The fourth-order valence-corrected chi connectivity index (χ4v) is 2.55. The summed E-state index contributed by atoms with van der Waals surface area (Å²) in [4.78, 5) is 17.6. The third-order valence-corrected chi connectivity index (χ3v) is 3.77. The van der Waals surface area contributed by atoms with E-state index in [4.69, 9.17) is 0 Å². The molecule has 106 valence electrons. The van der Waals surface area contributed by atoms with Crippen molar-refractivity contribution >= 4 is 16.8 Å². The van der Waals surface area contributed by atoms with E-state index >= 15 is 0 Å². The minimum atomic E-state index is -0.279. The van der Waals surface area contributed by atoms with Gasteiger partial charge in [-0.25, -0.2) is 4.39 Å². The number of carbonyl (C=O) groups excluding carboxylic acids is 1. The van der Waals surface area contributed by atoms with Crippen LogP contribution in [-0.2, 0) is 0 Å². The number of amides is 1. The third-order valence-electron chi connectivity index (χ3n) is 3.77. The first-order chi connectivity index (χ1) is 9.67. The zero-order chi connectivity index (χ0) is 14.1. The van der Waals surface area contributed by atoms with Crippen molar-refractivity contribution in [2.75, 3.05) is 13.1 Å². The van der Waals surface area contributed by atoms with E-state index in [1.165, 1.54) is 25.0 Å². The quantitative estimate of drug-likeness (QED) is 0.889. The van der Waals surface area contributed by atoms with Gasteiger partial charge in [0.1, 0.15) is 11.5 Å². The number of nitrogens with zero attached hydrogens (tertiary/aromatic N) is 1. The molecule has 1 amide bonds. The predicted molar refractivity (Wildman–Crippen MR) is 77.2 cm³/mol. The highest BCUT2D eigenvalue weighted by atomic mass is 19.1. The van der Waals surface area contributed by atoms with E-state index in [9.17, 15) is 9.18 Å². The minimum Gasteiger partial charge on any atom is -0.351 e. The number of hydrogen-bond donors (Lipinski definition) is 1. The van der Waals surface area contributed by atoms with Gasteiger partial charge in [0, 0.05) is 24.0 Å². The molecular weight excluding hydrogens is 255 g/mol. The summed E-state index contributed by atoms with van der Waals surface area (Å²) in [6, 6.07) is 6.28. The minimum absolute atomic E-state index is 0.0235. The van der Waals surface area contributed by atoms with Crippen LogP contribution in [0.2, 0.25) is 0 Å². The molecule has 4 heteroatoms. The fourth-order valence-electron chi connectivity index (χ4n) is 2.55. The molecule has 1 heterocycles. The molecule has 0 bridgehead atoms. The molecule has 1 saturated carbocycles. The number of nitrogens with one attached hydrogen (secondary N) is 1. The first-order valence-electron chi connectivity index (χ1n) is 7.25. The predicted octanol–water partition coefficient (Wildman–Crippen LogP) is 3.57. The normalized spacial score (nSPS) is 14.7. The van der Waals surface area contributed by atoms with Crippen molar-refractivity contribution in [3.05, 3.63) is 35.8 Å². The molecule has 1 aliphatic carbocycles. The number of aromatic amines is 1. The van der Waals surface area contributed by atoms with Crippen LogP contribution in [0.4, 0.5) is 4.39 Å². The molecule has 1 fully saturated rings. The highest BCUT2D eigenvalue weighted by Crippen LogP contribution is 2.30. The van der Waals surface area contributed by atoms with E-state index in [0.717, 1.165) is 30.4 Å². The monoisotopic (exact) mass is 274 g/mol. The molecule has 0 aliphatic heterocycles. The Bertz CT molecular complexity index is 630. The lowest BCUT2D eigenvalue weighted by Crippen LogP contribution is -2.33. The highest BCUT2D eigenvalue weighted by molar-refractivity contribution is 5.98. The number of rotatable bonds is 5. The number of benzene rings is 1. The molecular formula is C16H19FN2O. The molecule has 1 aromatic carbocycles. The summed E-state index contributed by atoms with van der Waals surface area (Å²) in [6.07, 6.45) is 3.41. The van der Waals surface area contributed by atoms with Gasteiger partial charge in [-0.3, -0.25) is 4.79 Å². The molecule has 1 aromatic heterocycles. The van der Waals surface area contributed by atoms with Crippen LogP contribution in [0.25, 0.3) is 10.9 Å². The largest absolute Gasteiger partial charge is 0.351 e. The first kappa shape index (κ1) is 13.2. The second-order valence-electron chi connectivity index (χ2n) is 5.61. The molecule has 20 heavy (non-hydrogen) atoms. The van der Waals surface area contributed by atoms with Gasteiger partial charge < -0.3 is 9.88 Å². The van der Waals surface area contributed by atoms with Gasteiger partial charge in [-0.2, -0.15) is 0 Å². The molecule has 0 unspecified atom stereocenters. The average molecular weight is 274 g/mol. The van der Waals surface area contributed by atoms with Crippen molar-refractivity contribution in [1.82, 2.24) is 9.88 Å². The van der Waals surface area contributed by atoms with Crippen molar-refractivity contribution < 1.29 is 9.18 Å². The molecule has 0 atom stereocenters. The number of hydrogen-bond acceptors (Lipinski definition) is 1. The summed E-state index contributed by atoms with van der Waals surface area (Å²) in [5.41, 5.74) is 1.36. The molecule has 1 aliphatic rings. The van der Waals surface area contributed by atoms with Crippen LogP contribution in [0.3, 0.4) is 0 Å². The molecule has 1 N–H and O–H groups in total. The maximum atomic E-state index is 13.2. The summed E-state index contributed by atoms with van der Waals surface area (Å²) in [6.45, 7) is 3.70. The van der Waals surface area contributed by atoms with Crippen molar-refractivity contribution in [3.8, 4) is 0 Å². The van der Waals surface area contributed by atoms with E-state index in [1.807, 2.05) is 4.90 Å². The summed E-state index contributed by atoms with van der Waals surface area (Å²) in [7, 11) is 0. The zero-order valence-corrected chi connectivity index (χ0v) is 11.7. The van der Waals surface area contributed by atoms with Crippen LogP contribution in [0.5, 0.6) is 0 Å². The average Bonchev–Trinajstić information content (AvgIpc) is 3.14. The summed E-state index contributed by atoms with van der Waals surface area (Å²) in [5.74, 6) is 0.418. The standard InChI is InChI=1S/C16H19FN2O/c1-2-7-19(10-11-3-4-11)16(20)15-9-12-8-13(17)5-6-14(12)18-15/h5-6,8-9,11,18H,2-4,7,10H2,1H3. The third kappa shape index (κ3) is 2.69. The van der Waals surface area contributed by atoms with Crippen LogP contribution in [0.15, 0.2) is 24.3 Å². The Morgan fingerprint density at radius 3 is 2.90 bits per heavy atom. The maximum absolute atomic E-state index is 13.2. The second-order valence-corrected chi connectivity index (χ2v) is 5.61. The molecule has 3 nitrogen and oxygen atoms in total. The molecule has 0 radical (unpaired) electrons. The summed E-state index contributed by atoms with van der Waals surface area (Å²) in [5, 5.41) is 0.747. The first-order valence-corrected chi connectivity index (χ1v) is 7.25. The van der Waals surface area contributed by atoms with Crippen LogP contribution in [0.1, 0.15) is 36.7 Å². The smallest absolute Gasteiger partial charge is 0.270 e. The molecule has 3 rings (SSSR count). The van der Waals surface area contributed by atoms with Gasteiger partial charge in [-0.05, 0) is 49.4 Å². The number of aromatic nitrogens is 1. The number of halogens is 1. The zero-order valence-electron chi connectivity index (χ0n) is 11.7. The lowest BCUT2D eigenvalue weighted by molar-refractivity contribution is 0.0743. The number of carbonyl (C=O) groups is 1. The van der Waals surface area contributed by atoms with Crippen molar-refractivity contribution in [2.45, 2.75) is 26.2 Å². The Balaban J connectivity index is 1.85. The van der Waals surface area contributed by atoms with Gasteiger partial charge in [-0.1, -0.05) is 6.92 Å². The van der Waals surface area contributed by atoms with Gasteiger partial charge >= 0.3 is 0 Å². The number of H-pyrrole nitrogens is 1. The van der Waals surface area contributed by atoms with E-state index < -0.39 is 0 Å². The summed E-state index contributed by atoms with van der Waals surface area (Å²) < 4.78 is 13.2. The lowest BCUT2D eigenvalue weighted by Gasteiger charge is -2.21. The SMILES string of the molecule is CCCN(CC1CC1)C(=O)c1cc2cc(F)ccc2[nH]1. The number of fused-ring (bicyclic) bond motifs is 1. The Hall–Kier alpha value is -1.84. The van der Waals surface area contributed by atoms with Crippen LogP contribution in [-0.4, -0.2) is 28.9 Å². The van der Waals surface area contributed by atoms with Crippen molar-refractivity contribution in [1.29, 1.82) is 0 Å². The molecule has 0 saturated heterocycles. The van der Waals surface area contributed by atoms with E-state index in [2.05, 4.69) is 11.9 Å². The van der Waals surface area contributed by atoms with Gasteiger partial charge in [0.2, 0.25) is 0 Å². The van der Waals surface area contributed by atoms with Gasteiger partial charge in [-0.15, -0.1) is 0 Å². The van der Waals surface area contributed by atoms with Crippen LogP contribution in [0, 0.1) is 11.7 Å². The Morgan fingerprint density at radius 1 is 1.40 bits per heavy atom. The van der Waals surface area contributed by atoms with E-state index in [1.54, 1.807) is 12.1 Å². The Labute approximate surface area is 117 Å². The second kappa shape index (κ2) is 5.27. The molecule has 2 aromatic rings. The van der Waals surface area contributed by atoms with Gasteiger partial charge in [0.25, 0.3) is 5.91 Å². The topological polar surface area (TPSA) is 36.1 Å². The van der Waals surface area contributed by atoms with E-state index in [0.29, 0.717) is 11.6 Å². The van der Waals surface area contributed by atoms with E-state index in [-0.39, 0.29) is 11.7 Å². The Morgan fingerprint density at radius 2 is 2.20 bits per heavy atom. The van der Waals surface area contributed by atoms with Crippen LogP contribution < -0.4 is 0 Å². The summed E-state index contributed by atoms with van der Waals surface area (Å²) >= 11 is 0. The van der Waals surface area contributed by atoms with Gasteiger partial charge in [0.15, 0.2) is 0 Å². The van der Waals surface area contributed by atoms with Gasteiger partial charge in [0.05, 0.1) is 0 Å². The van der Waals surface area contributed by atoms with Crippen molar-refractivity contribution in [2.24, 2.45) is 5.92 Å². The Kier molecular flexibility index (Phi) is 3.47.